The van der Waals surface area contributed by atoms with Crippen molar-refractivity contribution in [2.75, 3.05) is 4.90 Å². The largest absolute Gasteiger partial charge is 0.303 e. The number of anilines is 1. The normalized spacial score (nSPS) is 23.6. The average Bonchev–Trinajstić information content (AvgIpc) is 2.77. The van der Waals surface area contributed by atoms with Gasteiger partial charge >= 0.3 is 0 Å². The van der Waals surface area contributed by atoms with Gasteiger partial charge < -0.3 is 4.79 Å². The number of carbonyl (C=O) groups excluding carboxylic acids is 2. The van der Waals surface area contributed by atoms with Crippen molar-refractivity contribution in [2.24, 2.45) is 5.41 Å². The number of piperidine rings is 1. The van der Waals surface area contributed by atoms with Crippen molar-refractivity contribution in [2.45, 2.75) is 31.7 Å². The molecule has 0 bridgehead atoms. The van der Waals surface area contributed by atoms with Gasteiger partial charge in [-0.3, -0.25) is 9.69 Å². The summed E-state index contributed by atoms with van der Waals surface area (Å²) in [4.78, 5) is 35.4. The molecule has 0 saturated carbocycles. The third-order valence-corrected chi connectivity index (χ3v) is 6.39. The molecule has 2 unspecified atom stereocenters. The summed E-state index contributed by atoms with van der Waals surface area (Å²) in [7, 11) is 0. The van der Waals surface area contributed by atoms with Gasteiger partial charge in [0.2, 0.25) is 5.91 Å². The molecule has 5 nitrogen and oxygen atoms in total. The molecular weight excluding hydrogens is 433 g/mol. The SMILES string of the molecule is C[C@]1(CC=O)CC(c2cccc(Cl)c2)C(c2ccc(Cl)cc2)N(c2ccncn2)C1=O. The molecule has 0 spiro atoms. The molecule has 0 N–H and O–H groups in total. The second kappa shape index (κ2) is 8.77. The van der Waals surface area contributed by atoms with E-state index in [1.54, 1.807) is 17.2 Å². The van der Waals surface area contributed by atoms with E-state index in [0.717, 1.165) is 17.4 Å². The minimum Gasteiger partial charge on any atom is -0.303 e. The summed E-state index contributed by atoms with van der Waals surface area (Å²) >= 11 is 12.5. The molecule has 1 amide bonds. The number of rotatable bonds is 5. The third-order valence-electron chi connectivity index (χ3n) is 5.90. The highest BCUT2D eigenvalue weighted by molar-refractivity contribution is 6.30. The van der Waals surface area contributed by atoms with Crippen LogP contribution in [0.3, 0.4) is 0 Å². The number of halogens is 2. The van der Waals surface area contributed by atoms with Gasteiger partial charge in [0.15, 0.2) is 0 Å². The molecule has 1 aliphatic heterocycles. The molecule has 3 atom stereocenters. The maximum Gasteiger partial charge on any atom is 0.235 e. The van der Waals surface area contributed by atoms with Crippen LogP contribution in [0.15, 0.2) is 67.1 Å². The second-order valence-corrected chi connectivity index (χ2v) is 8.91. The zero-order valence-electron chi connectivity index (χ0n) is 16.9. The van der Waals surface area contributed by atoms with Gasteiger partial charge in [-0.05, 0) is 47.9 Å². The lowest BCUT2D eigenvalue weighted by molar-refractivity contribution is -0.133. The summed E-state index contributed by atoms with van der Waals surface area (Å²) in [6.45, 7) is 1.84. The first-order chi connectivity index (χ1) is 14.9. The molecule has 158 valence electrons. The maximum atomic E-state index is 13.8. The monoisotopic (exact) mass is 453 g/mol. The van der Waals surface area contributed by atoms with Crippen molar-refractivity contribution >= 4 is 41.2 Å². The van der Waals surface area contributed by atoms with E-state index in [2.05, 4.69) is 9.97 Å². The summed E-state index contributed by atoms with van der Waals surface area (Å²) in [5, 5.41) is 1.24. The molecule has 1 aromatic heterocycles. The number of aldehydes is 1. The molecule has 3 aromatic rings. The fourth-order valence-electron chi connectivity index (χ4n) is 4.39. The zero-order chi connectivity index (χ0) is 22.0. The van der Waals surface area contributed by atoms with Crippen LogP contribution in [0.1, 0.15) is 42.9 Å². The van der Waals surface area contributed by atoms with Crippen molar-refractivity contribution in [3.63, 3.8) is 0 Å². The first-order valence-corrected chi connectivity index (χ1v) is 10.7. The number of amides is 1. The molecule has 1 saturated heterocycles. The highest BCUT2D eigenvalue weighted by atomic mass is 35.5. The molecule has 0 radical (unpaired) electrons. The number of hydrogen-bond donors (Lipinski definition) is 0. The predicted molar refractivity (Wildman–Crippen MR) is 121 cm³/mol. The fraction of sp³-hybridized carbons (Fsp3) is 0.250. The fourth-order valence-corrected chi connectivity index (χ4v) is 4.71. The van der Waals surface area contributed by atoms with Gasteiger partial charge in [0.1, 0.15) is 18.4 Å². The highest BCUT2D eigenvalue weighted by Gasteiger charge is 2.50. The second-order valence-electron chi connectivity index (χ2n) is 8.04. The zero-order valence-corrected chi connectivity index (χ0v) is 18.4. The van der Waals surface area contributed by atoms with Crippen molar-refractivity contribution < 1.29 is 9.59 Å². The van der Waals surface area contributed by atoms with E-state index < -0.39 is 5.41 Å². The van der Waals surface area contributed by atoms with E-state index in [9.17, 15) is 9.59 Å². The average molecular weight is 454 g/mol. The number of aromatic nitrogens is 2. The Morgan fingerprint density at radius 2 is 1.87 bits per heavy atom. The van der Waals surface area contributed by atoms with Crippen LogP contribution < -0.4 is 4.90 Å². The summed E-state index contributed by atoms with van der Waals surface area (Å²) in [5.74, 6) is 0.234. The third kappa shape index (κ3) is 4.21. The van der Waals surface area contributed by atoms with Gasteiger partial charge in [-0.2, -0.15) is 0 Å². The standard InChI is InChI=1S/C24H21Cl2N3O2/c1-24(10-12-30)14-20(17-3-2-4-19(26)13-17)22(16-5-7-18(25)8-6-16)29(23(24)31)21-9-11-27-15-28-21/h2-9,11-13,15,20,22H,10,14H2,1H3/t20?,22?,24-/m0/s1. The first kappa shape index (κ1) is 21.5. The van der Waals surface area contributed by atoms with Crippen LogP contribution in [-0.2, 0) is 9.59 Å². The highest BCUT2D eigenvalue weighted by Crippen LogP contribution is 2.51. The van der Waals surface area contributed by atoms with Crippen molar-refractivity contribution in [1.29, 1.82) is 0 Å². The van der Waals surface area contributed by atoms with Gasteiger partial charge in [-0.25, -0.2) is 9.97 Å². The van der Waals surface area contributed by atoms with Gasteiger partial charge in [0.05, 0.1) is 11.5 Å². The lowest BCUT2D eigenvalue weighted by Gasteiger charge is -2.48. The Morgan fingerprint density at radius 3 is 2.52 bits per heavy atom. The Labute approximate surface area is 191 Å². The van der Waals surface area contributed by atoms with Crippen LogP contribution >= 0.6 is 23.2 Å². The van der Waals surface area contributed by atoms with E-state index >= 15 is 0 Å². The molecule has 4 rings (SSSR count). The van der Waals surface area contributed by atoms with Gasteiger partial charge in [0.25, 0.3) is 0 Å². The maximum absolute atomic E-state index is 13.8. The summed E-state index contributed by atoms with van der Waals surface area (Å²) in [6.07, 6.45) is 4.46. The lowest BCUT2D eigenvalue weighted by Crippen LogP contribution is -2.52. The molecule has 2 heterocycles. The Balaban J connectivity index is 1.94. The minimum absolute atomic E-state index is 0.113. The Bertz CT molecular complexity index is 1090. The van der Waals surface area contributed by atoms with E-state index in [-0.39, 0.29) is 24.3 Å². The molecule has 1 fully saturated rings. The Kier molecular flexibility index (Phi) is 6.08. The predicted octanol–water partition coefficient (Wildman–Crippen LogP) is 5.64. The number of hydrogen-bond acceptors (Lipinski definition) is 4. The van der Waals surface area contributed by atoms with Crippen molar-refractivity contribution in [1.82, 2.24) is 9.97 Å². The van der Waals surface area contributed by atoms with Gasteiger partial charge in [0, 0.05) is 28.6 Å². The topological polar surface area (TPSA) is 63.2 Å². The summed E-state index contributed by atoms with van der Waals surface area (Å²) < 4.78 is 0. The minimum atomic E-state index is -0.872. The summed E-state index contributed by atoms with van der Waals surface area (Å²) in [6, 6.07) is 16.5. The van der Waals surface area contributed by atoms with Crippen LogP contribution in [0.4, 0.5) is 5.82 Å². The van der Waals surface area contributed by atoms with Crippen LogP contribution in [0, 0.1) is 5.41 Å². The van der Waals surface area contributed by atoms with Crippen LogP contribution in [0.25, 0.3) is 0 Å². The molecular formula is C24H21Cl2N3O2. The molecule has 0 aliphatic carbocycles. The van der Waals surface area contributed by atoms with Crippen LogP contribution in [-0.4, -0.2) is 22.2 Å². The quantitative estimate of drug-likeness (QED) is 0.468. The lowest BCUT2D eigenvalue weighted by atomic mass is 9.67. The molecule has 1 aliphatic rings. The molecule has 7 heteroatoms. The van der Waals surface area contributed by atoms with E-state index in [0.29, 0.717) is 22.3 Å². The summed E-state index contributed by atoms with van der Waals surface area (Å²) in [5.41, 5.74) is 1.05. The van der Waals surface area contributed by atoms with Crippen LogP contribution in [0.2, 0.25) is 10.0 Å². The number of benzene rings is 2. The van der Waals surface area contributed by atoms with Gasteiger partial charge in [-0.15, -0.1) is 0 Å². The van der Waals surface area contributed by atoms with E-state index in [1.165, 1.54) is 6.33 Å². The molecule has 2 aromatic carbocycles. The number of carbonyl (C=O) groups is 2. The van der Waals surface area contributed by atoms with Crippen molar-refractivity contribution in [3.8, 4) is 0 Å². The van der Waals surface area contributed by atoms with Crippen molar-refractivity contribution in [3.05, 3.63) is 88.3 Å². The first-order valence-electron chi connectivity index (χ1n) is 9.97. The Hall–Kier alpha value is -2.76. The van der Waals surface area contributed by atoms with E-state index in [1.807, 2.05) is 55.5 Å². The van der Waals surface area contributed by atoms with Crippen LogP contribution in [0.5, 0.6) is 0 Å². The Morgan fingerprint density at radius 1 is 1.10 bits per heavy atom. The molecule has 31 heavy (non-hydrogen) atoms. The van der Waals surface area contributed by atoms with Gasteiger partial charge in [-0.1, -0.05) is 54.4 Å². The van der Waals surface area contributed by atoms with E-state index in [4.69, 9.17) is 23.2 Å². The smallest absolute Gasteiger partial charge is 0.235 e. The number of nitrogens with zero attached hydrogens (tertiary/aromatic N) is 3.